The molecule has 0 spiro atoms. The van der Waals surface area contributed by atoms with Crippen LogP contribution in [-0.4, -0.2) is 10.1 Å². The van der Waals surface area contributed by atoms with Crippen LogP contribution < -0.4 is 5.32 Å². The van der Waals surface area contributed by atoms with Crippen molar-refractivity contribution >= 4 is 23.4 Å². The summed E-state index contributed by atoms with van der Waals surface area (Å²) in [7, 11) is 0. The van der Waals surface area contributed by atoms with Crippen molar-refractivity contribution in [3.05, 3.63) is 70.3 Å². The van der Waals surface area contributed by atoms with E-state index in [0.717, 1.165) is 22.4 Å². The highest BCUT2D eigenvalue weighted by Crippen LogP contribution is 2.41. The first-order chi connectivity index (χ1) is 13.3. The fraction of sp³-hybridized carbons (Fsp3) is 0.462. The summed E-state index contributed by atoms with van der Waals surface area (Å²) in [4.78, 5) is -0.718. The van der Waals surface area contributed by atoms with Gasteiger partial charge < -0.3 is 10.4 Å². The number of halogens is 1. The van der Waals surface area contributed by atoms with Crippen molar-refractivity contribution in [1.82, 2.24) is 0 Å². The van der Waals surface area contributed by atoms with Gasteiger partial charge in [-0.1, -0.05) is 95.6 Å². The van der Waals surface area contributed by atoms with Gasteiger partial charge in [-0.3, -0.25) is 0 Å². The summed E-state index contributed by atoms with van der Waals surface area (Å²) in [5, 5.41) is 14.6. The van der Waals surface area contributed by atoms with Gasteiger partial charge in [-0.2, -0.15) is 0 Å². The van der Waals surface area contributed by atoms with Crippen LogP contribution in [0, 0.1) is 0 Å². The number of hydrogen-bond acceptors (Lipinski definition) is 2. The zero-order chi connectivity index (χ0) is 21.6. The molecule has 2 unspecified atom stereocenters. The van der Waals surface area contributed by atoms with E-state index in [1.165, 1.54) is 11.1 Å². The van der Waals surface area contributed by atoms with Crippen molar-refractivity contribution in [1.29, 1.82) is 0 Å². The molecule has 3 rings (SSSR count). The minimum Gasteiger partial charge on any atom is -0.388 e. The van der Waals surface area contributed by atoms with Crippen LogP contribution in [0.1, 0.15) is 83.2 Å². The van der Waals surface area contributed by atoms with Crippen molar-refractivity contribution in [2.24, 2.45) is 0 Å². The molecular formula is C26H34ClNO. The van der Waals surface area contributed by atoms with Crippen molar-refractivity contribution in [2.45, 2.75) is 76.8 Å². The lowest BCUT2D eigenvalue weighted by Gasteiger charge is -2.34. The van der Waals surface area contributed by atoms with Crippen LogP contribution in [0.25, 0.3) is 6.08 Å². The van der Waals surface area contributed by atoms with Crippen LogP contribution in [-0.2, 0) is 10.8 Å². The molecule has 1 aliphatic rings. The Kier molecular flexibility index (Phi) is 5.66. The number of alkyl halides is 1. The van der Waals surface area contributed by atoms with E-state index >= 15 is 0 Å². The molecule has 1 heterocycles. The lowest BCUT2D eigenvalue weighted by Crippen LogP contribution is -2.33. The van der Waals surface area contributed by atoms with Gasteiger partial charge in [-0.05, 0) is 51.6 Å². The van der Waals surface area contributed by atoms with Crippen LogP contribution in [0.4, 0.5) is 5.69 Å². The standard InChI is InChI=1S/C26H34ClNO/c1-24(2,3)19-13-18(14-20(15-19)25(4,5)6)23(29)16-21-12-17-10-8-9-11-22(17)28-26(21,7)27/h8-15,23,28-29H,16H2,1-7H3. The Hall–Kier alpha value is -1.77. The van der Waals surface area contributed by atoms with Gasteiger partial charge >= 0.3 is 0 Å². The van der Waals surface area contributed by atoms with E-state index < -0.39 is 11.1 Å². The van der Waals surface area contributed by atoms with Crippen molar-refractivity contribution < 1.29 is 5.11 Å². The molecule has 0 radical (unpaired) electrons. The second kappa shape index (κ2) is 7.49. The van der Waals surface area contributed by atoms with Crippen LogP contribution >= 0.6 is 11.6 Å². The summed E-state index contributed by atoms with van der Waals surface area (Å²) in [5.74, 6) is 0. The number of hydrogen-bond donors (Lipinski definition) is 2. The molecule has 3 heteroatoms. The number of nitrogens with one attached hydrogen (secondary N) is 1. The summed E-state index contributed by atoms with van der Waals surface area (Å²) in [5.41, 5.74) is 6.59. The summed E-state index contributed by atoms with van der Waals surface area (Å²) in [6.07, 6.45) is 1.98. The average Bonchev–Trinajstić information content (AvgIpc) is 2.60. The molecule has 2 N–H and O–H groups in total. The van der Waals surface area contributed by atoms with E-state index in [4.69, 9.17) is 11.6 Å². The zero-order valence-corrected chi connectivity index (χ0v) is 19.5. The largest absolute Gasteiger partial charge is 0.388 e. The maximum Gasteiger partial charge on any atom is 0.131 e. The first-order valence-corrected chi connectivity index (χ1v) is 10.8. The minimum absolute atomic E-state index is 0.0152. The topological polar surface area (TPSA) is 32.3 Å². The highest BCUT2D eigenvalue weighted by atomic mass is 35.5. The molecule has 2 nitrogen and oxygen atoms in total. The molecular weight excluding hydrogens is 378 g/mol. The number of fused-ring (bicyclic) bond motifs is 1. The second-order valence-electron chi connectivity index (χ2n) is 10.4. The van der Waals surface area contributed by atoms with Gasteiger partial charge in [0.05, 0.1) is 6.10 Å². The molecule has 2 atom stereocenters. The molecule has 1 aliphatic heterocycles. The Morgan fingerprint density at radius 1 is 0.966 bits per heavy atom. The Balaban J connectivity index is 1.98. The SMILES string of the molecule is CC1(Cl)Nc2ccccc2C=C1CC(O)c1cc(C(C)(C)C)cc(C(C)(C)C)c1. The molecule has 29 heavy (non-hydrogen) atoms. The Bertz CT molecular complexity index is 896. The first-order valence-electron chi connectivity index (χ1n) is 10.4. The molecule has 0 fully saturated rings. The second-order valence-corrected chi connectivity index (χ2v) is 11.2. The van der Waals surface area contributed by atoms with Gasteiger partial charge in [0.25, 0.3) is 0 Å². The number of aliphatic hydroxyl groups excluding tert-OH is 1. The third kappa shape index (κ3) is 4.87. The number of aliphatic hydroxyl groups is 1. The van der Waals surface area contributed by atoms with Gasteiger partial charge in [0, 0.05) is 12.1 Å². The Morgan fingerprint density at radius 3 is 2.07 bits per heavy atom. The lowest BCUT2D eigenvalue weighted by atomic mass is 9.78. The van der Waals surface area contributed by atoms with Crippen molar-refractivity contribution in [2.75, 3.05) is 5.32 Å². The number of benzene rings is 2. The van der Waals surface area contributed by atoms with E-state index in [1.807, 2.05) is 25.1 Å². The molecule has 0 saturated carbocycles. The van der Waals surface area contributed by atoms with E-state index in [2.05, 4.69) is 77.2 Å². The fourth-order valence-electron chi connectivity index (χ4n) is 3.68. The molecule has 2 aromatic carbocycles. The highest BCUT2D eigenvalue weighted by Gasteiger charge is 2.32. The lowest BCUT2D eigenvalue weighted by molar-refractivity contribution is 0.176. The van der Waals surface area contributed by atoms with E-state index in [9.17, 15) is 5.11 Å². The summed E-state index contributed by atoms with van der Waals surface area (Å²) in [6.45, 7) is 15.2. The minimum atomic E-state index is -0.718. The summed E-state index contributed by atoms with van der Waals surface area (Å²) < 4.78 is 0. The normalized spacial score (nSPS) is 20.5. The average molecular weight is 412 g/mol. The zero-order valence-electron chi connectivity index (χ0n) is 18.7. The van der Waals surface area contributed by atoms with E-state index in [1.54, 1.807) is 0 Å². The van der Waals surface area contributed by atoms with Crippen LogP contribution in [0.2, 0.25) is 0 Å². The molecule has 0 aliphatic carbocycles. The van der Waals surface area contributed by atoms with Crippen LogP contribution in [0.15, 0.2) is 48.0 Å². The Labute approximate surface area is 181 Å². The van der Waals surface area contributed by atoms with E-state index in [0.29, 0.717) is 6.42 Å². The maximum absolute atomic E-state index is 11.2. The summed E-state index contributed by atoms with van der Waals surface area (Å²) in [6, 6.07) is 14.7. The van der Waals surface area contributed by atoms with Gasteiger partial charge in [0.2, 0.25) is 0 Å². The van der Waals surface area contributed by atoms with Crippen molar-refractivity contribution in [3.63, 3.8) is 0 Å². The third-order valence-corrected chi connectivity index (χ3v) is 6.09. The van der Waals surface area contributed by atoms with Gasteiger partial charge in [-0.15, -0.1) is 0 Å². The predicted octanol–water partition coefficient (Wildman–Crippen LogP) is 7.17. The van der Waals surface area contributed by atoms with E-state index in [-0.39, 0.29) is 10.8 Å². The van der Waals surface area contributed by atoms with Gasteiger partial charge in [0.1, 0.15) is 5.00 Å². The molecule has 2 aromatic rings. The predicted molar refractivity (Wildman–Crippen MR) is 126 cm³/mol. The highest BCUT2D eigenvalue weighted by molar-refractivity contribution is 6.27. The molecule has 0 bridgehead atoms. The number of para-hydroxylation sites is 1. The smallest absolute Gasteiger partial charge is 0.131 e. The quantitative estimate of drug-likeness (QED) is 0.414. The number of anilines is 1. The monoisotopic (exact) mass is 411 g/mol. The maximum atomic E-state index is 11.2. The molecule has 0 amide bonds. The van der Waals surface area contributed by atoms with Crippen molar-refractivity contribution in [3.8, 4) is 0 Å². The first kappa shape index (κ1) is 21.9. The third-order valence-electron chi connectivity index (χ3n) is 5.75. The molecule has 0 aromatic heterocycles. The fourth-order valence-corrected chi connectivity index (χ4v) is 3.91. The Morgan fingerprint density at radius 2 is 1.52 bits per heavy atom. The van der Waals surface area contributed by atoms with Gasteiger partial charge in [0.15, 0.2) is 0 Å². The molecule has 156 valence electrons. The number of rotatable bonds is 3. The summed E-state index contributed by atoms with van der Waals surface area (Å²) >= 11 is 6.81. The van der Waals surface area contributed by atoms with Crippen LogP contribution in [0.5, 0.6) is 0 Å². The van der Waals surface area contributed by atoms with Gasteiger partial charge in [-0.25, -0.2) is 0 Å². The molecule has 0 saturated heterocycles. The van der Waals surface area contributed by atoms with Crippen LogP contribution in [0.3, 0.4) is 0 Å².